The predicted octanol–water partition coefficient (Wildman–Crippen LogP) is 0.432. The van der Waals surface area contributed by atoms with Crippen LogP contribution in [-0.4, -0.2) is 46.7 Å². The fourth-order valence-electron chi connectivity index (χ4n) is 2.64. The van der Waals surface area contributed by atoms with Gasteiger partial charge in [0.25, 0.3) is 0 Å². The van der Waals surface area contributed by atoms with Crippen molar-refractivity contribution < 1.29 is 15.1 Å². The highest BCUT2D eigenvalue weighted by Crippen LogP contribution is 2.20. The Balaban J connectivity index is 2.11. The highest BCUT2D eigenvalue weighted by atomic mass is 16.4. The molecular weight excluding hydrogens is 270 g/mol. The SMILES string of the molecule is N/C(=N/O)C(Cc1ccccc1)C(=O)N1CCC(CO)C1. The third kappa shape index (κ3) is 3.72. The molecule has 2 unspecified atom stereocenters. The van der Waals surface area contributed by atoms with E-state index in [1.807, 2.05) is 30.3 Å². The van der Waals surface area contributed by atoms with Crippen molar-refractivity contribution >= 4 is 11.7 Å². The van der Waals surface area contributed by atoms with Gasteiger partial charge in [0, 0.05) is 25.6 Å². The summed E-state index contributed by atoms with van der Waals surface area (Å²) in [5.41, 5.74) is 6.66. The molecule has 6 nitrogen and oxygen atoms in total. The van der Waals surface area contributed by atoms with Crippen molar-refractivity contribution in [1.82, 2.24) is 4.90 Å². The minimum atomic E-state index is -0.671. The lowest BCUT2D eigenvalue weighted by Crippen LogP contribution is -2.42. The summed E-state index contributed by atoms with van der Waals surface area (Å²) in [6, 6.07) is 9.49. The molecule has 0 aliphatic carbocycles. The molecule has 0 spiro atoms. The summed E-state index contributed by atoms with van der Waals surface area (Å²) >= 11 is 0. The first-order valence-corrected chi connectivity index (χ1v) is 7.06. The van der Waals surface area contributed by atoms with E-state index in [4.69, 9.17) is 16.0 Å². The molecule has 1 saturated heterocycles. The first-order chi connectivity index (χ1) is 10.2. The first kappa shape index (κ1) is 15.3. The number of amides is 1. The van der Waals surface area contributed by atoms with E-state index in [1.54, 1.807) is 4.90 Å². The highest BCUT2D eigenvalue weighted by Gasteiger charge is 2.32. The van der Waals surface area contributed by atoms with Crippen molar-refractivity contribution in [2.75, 3.05) is 19.7 Å². The van der Waals surface area contributed by atoms with E-state index in [-0.39, 0.29) is 24.3 Å². The Labute approximate surface area is 123 Å². The molecule has 2 rings (SSSR count). The molecule has 0 aromatic heterocycles. The zero-order valence-corrected chi connectivity index (χ0v) is 11.9. The van der Waals surface area contributed by atoms with Crippen LogP contribution in [0, 0.1) is 11.8 Å². The molecule has 21 heavy (non-hydrogen) atoms. The minimum absolute atomic E-state index is 0.0729. The number of benzene rings is 1. The standard InChI is InChI=1S/C15H21N3O3/c16-14(17-21)13(8-11-4-2-1-3-5-11)15(20)18-7-6-12(9-18)10-19/h1-5,12-13,19,21H,6-10H2,(H2,16,17). The number of oxime groups is 1. The maximum Gasteiger partial charge on any atom is 0.233 e. The Morgan fingerprint density at radius 3 is 2.71 bits per heavy atom. The Hall–Kier alpha value is -2.08. The molecule has 6 heteroatoms. The van der Waals surface area contributed by atoms with Crippen molar-refractivity contribution in [1.29, 1.82) is 0 Å². The van der Waals surface area contributed by atoms with Gasteiger partial charge in [-0.2, -0.15) is 0 Å². The Bertz CT molecular complexity index is 504. The van der Waals surface area contributed by atoms with Crippen molar-refractivity contribution in [3.63, 3.8) is 0 Å². The Kier molecular flexibility index (Phi) is 5.16. The summed E-state index contributed by atoms with van der Waals surface area (Å²) < 4.78 is 0. The van der Waals surface area contributed by atoms with Gasteiger partial charge in [-0.1, -0.05) is 35.5 Å². The van der Waals surface area contributed by atoms with Gasteiger partial charge in [0.05, 0.1) is 0 Å². The lowest BCUT2D eigenvalue weighted by molar-refractivity contribution is -0.132. The number of amidine groups is 1. The van der Waals surface area contributed by atoms with Crippen LogP contribution < -0.4 is 5.73 Å². The molecule has 2 atom stereocenters. The molecule has 1 heterocycles. The summed E-state index contributed by atoms with van der Waals surface area (Å²) in [7, 11) is 0. The zero-order valence-electron chi connectivity index (χ0n) is 11.9. The van der Waals surface area contributed by atoms with Gasteiger partial charge in [-0.25, -0.2) is 0 Å². The van der Waals surface area contributed by atoms with Crippen LogP contribution in [0.1, 0.15) is 12.0 Å². The third-order valence-corrected chi connectivity index (χ3v) is 3.91. The molecule has 0 saturated carbocycles. The average Bonchev–Trinajstić information content (AvgIpc) is 3.01. The van der Waals surface area contributed by atoms with Crippen LogP contribution in [0.3, 0.4) is 0 Å². The second-order valence-electron chi connectivity index (χ2n) is 5.39. The maximum atomic E-state index is 12.6. The molecule has 1 aromatic rings. The van der Waals surface area contributed by atoms with Crippen LogP contribution in [0.2, 0.25) is 0 Å². The second-order valence-corrected chi connectivity index (χ2v) is 5.39. The molecule has 0 bridgehead atoms. The normalized spacial score (nSPS) is 20.5. The number of aliphatic hydroxyl groups is 1. The van der Waals surface area contributed by atoms with E-state index in [0.717, 1.165) is 12.0 Å². The number of likely N-dealkylation sites (tertiary alicyclic amines) is 1. The van der Waals surface area contributed by atoms with Gasteiger partial charge in [0.1, 0.15) is 5.92 Å². The Morgan fingerprint density at radius 1 is 1.43 bits per heavy atom. The lowest BCUT2D eigenvalue weighted by Gasteiger charge is -2.22. The molecule has 0 radical (unpaired) electrons. The van der Waals surface area contributed by atoms with Gasteiger partial charge in [-0.15, -0.1) is 0 Å². The molecule has 1 aromatic carbocycles. The van der Waals surface area contributed by atoms with Gasteiger partial charge >= 0.3 is 0 Å². The number of hydrogen-bond donors (Lipinski definition) is 3. The summed E-state index contributed by atoms with van der Waals surface area (Å²) in [6.45, 7) is 1.21. The van der Waals surface area contributed by atoms with E-state index in [1.165, 1.54) is 0 Å². The topological polar surface area (TPSA) is 99.2 Å². The van der Waals surface area contributed by atoms with E-state index >= 15 is 0 Å². The summed E-state index contributed by atoms with van der Waals surface area (Å²) in [5, 5.41) is 21.1. The van der Waals surface area contributed by atoms with E-state index in [2.05, 4.69) is 5.16 Å². The molecule has 114 valence electrons. The number of carbonyl (C=O) groups is 1. The number of carbonyl (C=O) groups excluding carboxylic acids is 1. The van der Waals surface area contributed by atoms with E-state index in [0.29, 0.717) is 19.5 Å². The van der Waals surface area contributed by atoms with E-state index < -0.39 is 5.92 Å². The summed E-state index contributed by atoms with van der Waals surface area (Å²) in [6.07, 6.45) is 1.19. The van der Waals surface area contributed by atoms with Crippen molar-refractivity contribution in [3.8, 4) is 0 Å². The number of nitrogens with two attached hydrogens (primary N) is 1. The van der Waals surface area contributed by atoms with Crippen molar-refractivity contribution in [2.45, 2.75) is 12.8 Å². The number of rotatable bonds is 5. The quantitative estimate of drug-likeness (QED) is 0.317. The maximum absolute atomic E-state index is 12.6. The minimum Gasteiger partial charge on any atom is -0.409 e. The van der Waals surface area contributed by atoms with Crippen molar-refractivity contribution in [3.05, 3.63) is 35.9 Å². The summed E-state index contributed by atoms with van der Waals surface area (Å²) in [5.74, 6) is -0.769. The van der Waals surface area contributed by atoms with Crippen molar-refractivity contribution in [2.24, 2.45) is 22.7 Å². The predicted molar refractivity (Wildman–Crippen MR) is 78.8 cm³/mol. The van der Waals surface area contributed by atoms with Gasteiger partial charge < -0.3 is 20.9 Å². The monoisotopic (exact) mass is 291 g/mol. The van der Waals surface area contributed by atoms with Gasteiger partial charge in [-0.3, -0.25) is 4.79 Å². The summed E-state index contributed by atoms with van der Waals surface area (Å²) in [4.78, 5) is 14.3. The molecule has 4 N–H and O–H groups in total. The fourth-order valence-corrected chi connectivity index (χ4v) is 2.64. The van der Waals surface area contributed by atoms with E-state index in [9.17, 15) is 4.79 Å². The van der Waals surface area contributed by atoms with Gasteiger partial charge in [-0.05, 0) is 18.4 Å². The average molecular weight is 291 g/mol. The fraction of sp³-hybridized carbons (Fsp3) is 0.467. The molecular formula is C15H21N3O3. The van der Waals surface area contributed by atoms with Crippen LogP contribution in [0.15, 0.2) is 35.5 Å². The molecule has 1 aliphatic heterocycles. The van der Waals surface area contributed by atoms with Crippen LogP contribution in [0.5, 0.6) is 0 Å². The molecule has 1 amide bonds. The number of hydrogen-bond acceptors (Lipinski definition) is 4. The Morgan fingerprint density at radius 2 is 2.14 bits per heavy atom. The number of aliphatic hydroxyl groups excluding tert-OH is 1. The number of nitrogens with zero attached hydrogens (tertiary/aromatic N) is 2. The van der Waals surface area contributed by atoms with Crippen LogP contribution in [0.25, 0.3) is 0 Å². The van der Waals surface area contributed by atoms with Crippen LogP contribution >= 0.6 is 0 Å². The first-order valence-electron chi connectivity index (χ1n) is 7.06. The largest absolute Gasteiger partial charge is 0.409 e. The van der Waals surface area contributed by atoms with Crippen LogP contribution in [-0.2, 0) is 11.2 Å². The van der Waals surface area contributed by atoms with Gasteiger partial charge in [0.15, 0.2) is 5.84 Å². The lowest BCUT2D eigenvalue weighted by atomic mass is 9.97. The highest BCUT2D eigenvalue weighted by molar-refractivity contribution is 6.02. The molecule has 1 fully saturated rings. The smallest absolute Gasteiger partial charge is 0.233 e. The van der Waals surface area contributed by atoms with Crippen LogP contribution in [0.4, 0.5) is 0 Å². The molecule has 1 aliphatic rings. The van der Waals surface area contributed by atoms with Gasteiger partial charge in [0.2, 0.25) is 5.91 Å². The second kappa shape index (κ2) is 7.08. The third-order valence-electron chi connectivity index (χ3n) is 3.91. The zero-order chi connectivity index (χ0) is 15.2.